The van der Waals surface area contributed by atoms with E-state index in [1.54, 1.807) is 20.8 Å². The van der Waals surface area contributed by atoms with Crippen molar-refractivity contribution in [2.45, 2.75) is 26.4 Å². The van der Waals surface area contributed by atoms with Gasteiger partial charge in [0.05, 0.1) is 10.5 Å². The van der Waals surface area contributed by atoms with E-state index in [1.165, 1.54) is 12.1 Å². The third-order valence-corrected chi connectivity index (χ3v) is 2.09. The van der Waals surface area contributed by atoms with Crippen LogP contribution in [0.25, 0.3) is 0 Å². The van der Waals surface area contributed by atoms with E-state index in [1.807, 2.05) is 0 Å². The van der Waals surface area contributed by atoms with Crippen molar-refractivity contribution in [1.82, 2.24) is 5.48 Å². The lowest BCUT2D eigenvalue weighted by atomic mass is 10.1. The second-order valence-corrected chi connectivity index (χ2v) is 5.00. The molecule has 0 aliphatic rings. The summed E-state index contributed by atoms with van der Waals surface area (Å²) in [5.74, 6) is -0.687. The predicted molar refractivity (Wildman–Crippen MR) is 66.4 cm³/mol. The van der Waals surface area contributed by atoms with Gasteiger partial charge in [0.15, 0.2) is 0 Å². The summed E-state index contributed by atoms with van der Waals surface area (Å²) in [6.07, 6.45) is 0. The zero-order valence-corrected chi connectivity index (χ0v) is 10.9. The van der Waals surface area contributed by atoms with E-state index in [-0.39, 0.29) is 16.3 Å². The van der Waals surface area contributed by atoms with Crippen LogP contribution in [0.15, 0.2) is 18.2 Å². The highest BCUT2D eigenvalue weighted by molar-refractivity contribution is 6.31. The maximum Gasteiger partial charge on any atom is 0.283 e. The summed E-state index contributed by atoms with van der Waals surface area (Å²) >= 11 is 5.65. The van der Waals surface area contributed by atoms with Gasteiger partial charge in [-0.2, -0.15) is 0 Å². The Morgan fingerprint density at radius 1 is 1.44 bits per heavy atom. The van der Waals surface area contributed by atoms with Crippen LogP contribution in [0.3, 0.4) is 0 Å². The maximum atomic E-state index is 11.7. The van der Waals surface area contributed by atoms with Crippen molar-refractivity contribution >= 4 is 23.2 Å². The highest BCUT2D eigenvalue weighted by Gasteiger charge is 2.22. The first kappa shape index (κ1) is 14.4. The minimum absolute atomic E-state index is 0.103. The number of nitro benzene ring substituents is 1. The minimum Gasteiger partial charge on any atom is -0.268 e. The average molecular weight is 273 g/mol. The number of rotatable bonds is 3. The lowest BCUT2D eigenvalue weighted by Crippen LogP contribution is -2.33. The van der Waals surface area contributed by atoms with Gasteiger partial charge < -0.3 is 0 Å². The smallest absolute Gasteiger partial charge is 0.268 e. The van der Waals surface area contributed by atoms with Gasteiger partial charge in [-0.15, -0.1) is 0 Å². The van der Waals surface area contributed by atoms with Gasteiger partial charge in [0.25, 0.3) is 11.6 Å². The number of hydrogen-bond acceptors (Lipinski definition) is 4. The van der Waals surface area contributed by atoms with Gasteiger partial charge in [0.2, 0.25) is 0 Å². The molecule has 0 saturated carbocycles. The van der Waals surface area contributed by atoms with E-state index < -0.39 is 16.4 Å². The van der Waals surface area contributed by atoms with E-state index in [9.17, 15) is 14.9 Å². The molecule has 1 aromatic carbocycles. The van der Waals surface area contributed by atoms with Gasteiger partial charge in [0, 0.05) is 11.1 Å². The minimum atomic E-state index is -0.687. The number of benzene rings is 1. The Labute approximate surface area is 109 Å². The molecule has 0 atom stereocenters. The Kier molecular flexibility index (Phi) is 4.26. The number of hydroxylamine groups is 1. The zero-order chi connectivity index (χ0) is 13.9. The molecule has 0 heterocycles. The fraction of sp³-hybridized carbons (Fsp3) is 0.364. The number of nitro groups is 1. The SMILES string of the molecule is CC(C)(C)ONC(=O)c1ccc(Cl)cc1[N+](=O)[O-]. The number of nitrogens with one attached hydrogen (secondary N) is 1. The Balaban J connectivity index is 2.95. The van der Waals surface area contributed by atoms with Crippen LogP contribution >= 0.6 is 11.6 Å². The molecule has 98 valence electrons. The van der Waals surface area contributed by atoms with Crippen molar-refractivity contribution in [2.75, 3.05) is 0 Å². The van der Waals surface area contributed by atoms with Gasteiger partial charge in [-0.3, -0.25) is 19.7 Å². The summed E-state index contributed by atoms with van der Waals surface area (Å²) < 4.78 is 0. The topological polar surface area (TPSA) is 81.5 Å². The molecule has 0 unspecified atom stereocenters. The second kappa shape index (κ2) is 5.32. The lowest BCUT2D eigenvalue weighted by molar-refractivity contribution is -0.385. The van der Waals surface area contributed by atoms with Crippen molar-refractivity contribution in [3.05, 3.63) is 38.9 Å². The first-order chi connectivity index (χ1) is 8.20. The van der Waals surface area contributed by atoms with Crippen molar-refractivity contribution < 1.29 is 14.6 Å². The Morgan fingerprint density at radius 2 is 2.06 bits per heavy atom. The second-order valence-electron chi connectivity index (χ2n) is 4.56. The lowest BCUT2D eigenvalue weighted by Gasteiger charge is -2.18. The Morgan fingerprint density at radius 3 is 2.56 bits per heavy atom. The van der Waals surface area contributed by atoms with Gasteiger partial charge in [-0.1, -0.05) is 11.6 Å². The van der Waals surface area contributed by atoms with Gasteiger partial charge in [-0.05, 0) is 32.9 Å². The van der Waals surface area contributed by atoms with Crippen molar-refractivity contribution in [3.63, 3.8) is 0 Å². The molecule has 1 N–H and O–H groups in total. The number of hydrogen-bond donors (Lipinski definition) is 1. The van der Waals surface area contributed by atoms with Crippen LogP contribution in [0.4, 0.5) is 5.69 Å². The molecule has 1 aromatic rings. The van der Waals surface area contributed by atoms with E-state index in [0.717, 1.165) is 6.07 Å². The number of carbonyl (C=O) groups excluding carboxylic acids is 1. The van der Waals surface area contributed by atoms with E-state index >= 15 is 0 Å². The molecule has 0 fully saturated rings. The summed E-state index contributed by atoms with van der Waals surface area (Å²) in [7, 11) is 0. The van der Waals surface area contributed by atoms with Gasteiger partial charge in [0.1, 0.15) is 5.56 Å². The number of amides is 1. The first-order valence-electron chi connectivity index (χ1n) is 5.13. The maximum absolute atomic E-state index is 11.7. The molecule has 0 aliphatic heterocycles. The third-order valence-electron chi connectivity index (χ3n) is 1.85. The molecule has 0 aliphatic carbocycles. The van der Waals surface area contributed by atoms with Crippen molar-refractivity contribution in [2.24, 2.45) is 0 Å². The predicted octanol–water partition coefficient (Wildman–Crippen LogP) is 2.71. The molecule has 0 saturated heterocycles. The first-order valence-corrected chi connectivity index (χ1v) is 5.51. The van der Waals surface area contributed by atoms with Crippen LogP contribution in [0.1, 0.15) is 31.1 Å². The molecule has 1 amide bonds. The summed E-state index contributed by atoms with van der Waals surface area (Å²) in [4.78, 5) is 26.9. The fourth-order valence-corrected chi connectivity index (χ4v) is 1.27. The molecule has 0 spiro atoms. The summed E-state index contributed by atoms with van der Waals surface area (Å²) in [5, 5.41) is 11.0. The molecule has 7 heteroatoms. The third kappa shape index (κ3) is 3.97. The average Bonchev–Trinajstić information content (AvgIpc) is 2.24. The highest BCUT2D eigenvalue weighted by Crippen LogP contribution is 2.23. The van der Waals surface area contributed by atoms with Crippen molar-refractivity contribution in [1.29, 1.82) is 0 Å². The van der Waals surface area contributed by atoms with E-state index in [0.29, 0.717) is 0 Å². The highest BCUT2D eigenvalue weighted by atomic mass is 35.5. The molecular formula is C11H13ClN2O4. The monoisotopic (exact) mass is 272 g/mol. The molecular weight excluding hydrogens is 260 g/mol. The fourth-order valence-electron chi connectivity index (χ4n) is 1.10. The standard InChI is InChI=1S/C11H13ClN2O4/c1-11(2,3)18-13-10(15)8-5-4-7(12)6-9(8)14(16)17/h4-6H,1-3H3,(H,13,15). The van der Waals surface area contributed by atoms with E-state index in [4.69, 9.17) is 16.4 Å². The largest absolute Gasteiger partial charge is 0.283 e. The van der Waals surface area contributed by atoms with Gasteiger partial charge in [-0.25, -0.2) is 5.48 Å². The van der Waals surface area contributed by atoms with Crippen molar-refractivity contribution in [3.8, 4) is 0 Å². The Bertz CT molecular complexity index is 482. The Hall–Kier alpha value is -1.66. The van der Waals surface area contributed by atoms with Crippen LogP contribution in [0, 0.1) is 10.1 Å². The van der Waals surface area contributed by atoms with E-state index in [2.05, 4.69) is 5.48 Å². The van der Waals surface area contributed by atoms with Crippen LogP contribution < -0.4 is 5.48 Å². The van der Waals surface area contributed by atoms with Gasteiger partial charge >= 0.3 is 0 Å². The summed E-state index contributed by atoms with van der Waals surface area (Å²) in [6, 6.07) is 3.80. The number of carbonyl (C=O) groups is 1. The zero-order valence-electron chi connectivity index (χ0n) is 10.2. The van der Waals surface area contributed by atoms with Crippen LogP contribution in [0.5, 0.6) is 0 Å². The molecule has 0 radical (unpaired) electrons. The number of halogens is 1. The molecule has 1 rings (SSSR count). The molecule has 0 bridgehead atoms. The molecule has 18 heavy (non-hydrogen) atoms. The normalized spacial score (nSPS) is 11.1. The molecule has 0 aromatic heterocycles. The quantitative estimate of drug-likeness (QED) is 0.677. The van der Waals surface area contributed by atoms with Crippen LogP contribution in [-0.4, -0.2) is 16.4 Å². The van der Waals surface area contributed by atoms with Crippen LogP contribution in [0.2, 0.25) is 5.02 Å². The van der Waals surface area contributed by atoms with Crippen LogP contribution in [-0.2, 0) is 4.84 Å². The summed E-state index contributed by atoms with van der Waals surface area (Å²) in [6.45, 7) is 5.22. The summed E-state index contributed by atoms with van der Waals surface area (Å²) in [5.41, 5.74) is 1.11. The number of nitrogens with zero attached hydrogens (tertiary/aromatic N) is 1. The molecule has 6 nitrogen and oxygen atoms in total.